The summed E-state index contributed by atoms with van der Waals surface area (Å²) < 4.78 is 16.5. The Kier molecular flexibility index (Phi) is 4.15. The van der Waals surface area contributed by atoms with Crippen molar-refractivity contribution in [1.82, 2.24) is 14.9 Å². The number of aryl methyl sites for hydroxylation is 1. The summed E-state index contributed by atoms with van der Waals surface area (Å²) >= 11 is 0. The topological polar surface area (TPSA) is 70.0 Å². The lowest BCUT2D eigenvalue weighted by molar-refractivity contribution is 0.467. The van der Waals surface area contributed by atoms with E-state index in [0.29, 0.717) is 40.9 Å². The minimum absolute atomic E-state index is 0.0410. The van der Waals surface area contributed by atoms with Crippen molar-refractivity contribution in [2.75, 3.05) is 7.05 Å². The molecule has 2 heterocycles. The first-order valence-corrected chi connectivity index (χ1v) is 7.84. The van der Waals surface area contributed by atoms with Gasteiger partial charge in [0.05, 0.1) is 16.9 Å². The van der Waals surface area contributed by atoms with E-state index in [9.17, 15) is 14.3 Å². The molecule has 2 aromatic heterocycles. The molecule has 0 fully saturated rings. The average Bonchev–Trinajstić information content (AvgIpc) is 2.79. The maximum atomic E-state index is 14.7. The highest BCUT2D eigenvalue weighted by molar-refractivity contribution is 5.87. The van der Waals surface area contributed by atoms with Crippen molar-refractivity contribution < 1.29 is 9.50 Å². The Morgan fingerprint density at radius 1 is 1.33 bits per heavy atom. The normalized spacial score (nSPS) is 11.3. The molecule has 0 bridgehead atoms. The van der Waals surface area contributed by atoms with Crippen LogP contribution in [0.2, 0.25) is 0 Å². The SMILES string of the molecule is CCc1c(O)cc(=O)[nH]c1-c1ccc2c(c1)c(F)c(CNC)n2C. The molecule has 3 rings (SSSR count). The molecule has 3 aromatic rings. The fraction of sp³-hybridized carbons (Fsp3) is 0.278. The zero-order valence-electron chi connectivity index (χ0n) is 13.9. The molecule has 0 unspecified atom stereocenters. The molecule has 126 valence electrons. The molecule has 0 saturated carbocycles. The van der Waals surface area contributed by atoms with Crippen LogP contribution < -0.4 is 10.9 Å². The van der Waals surface area contributed by atoms with Crippen molar-refractivity contribution in [3.05, 3.63) is 51.7 Å². The zero-order chi connectivity index (χ0) is 17.4. The third-order valence-corrected chi connectivity index (χ3v) is 4.37. The molecule has 0 aliphatic heterocycles. The molecular weight excluding hydrogens is 309 g/mol. The summed E-state index contributed by atoms with van der Waals surface area (Å²) in [5, 5.41) is 13.5. The van der Waals surface area contributed by atoms with Gasteiger partial charge in [0.15, 0.2) is 5.82 Å². The van der Waals surface area contributed by atoms with E-state index < -0.39 is 0 Å². The van der Waals surface area contributed by atoms with Crippen LogP contribution in [0.4, 0.5) is 4.39 Å². The van der Waals surface area contributed by atoms with Crippen molar-refractivity contribution in [2.45, 2.75) is 19.9 Å². The summed E-state index contributed by atoms with van der Waals surface area (Å²) in [6.45, 7) is 2.32. The van der Waals surface area contributed by atoms with Crippen molar-refractivity contribution in [1.29, 1.82) is 0 Å². The first kappa shape index (κ1) is 16.3. The average molecular weight is 329 g/mol. The Hall–Kier alpha value is -2.60. The maximum absolute atomic E-state index is 14.7. The second-order valence-electron chi connectivity index (χ2n) is 5.81. The Bertz CT molecular complexity index is 973. The van der Waals surface area contributed by atoms with Crippen LogP contribution in [0.5, 0.6) is 5.75 Å². The minimum atomic E-state index is -0.385. The van der Waals surface area contributed by atoms with Crippen LogP contribution in [0.25, 0.3) is 22.2 Å². The molecule has 0 amide bonds. The smallest absolute Gasteiger partial charge is 0.252 e. The van der Waals surface area contributed by atoms with Crippen LogP contribution in [-0.2, 0) is 20.0 Å². The van der Waals surface area contributed by atoms with Crippen LogP contribution in [0.15, 0.2) is 29.1 Å². The third-order valence-electron chi connectivity index (χ3n) is 4.37. The van der Waals surface area contributed by atoms with Crippen molar-refractivity contribution in [2.24, 2.45) is 7.05 Å². The number of rotatable bonds is 4. The summed E-state index contributed by atoms with van der Waals surface area (Å²) in [5.74, 6) is -0.315. The number of hydrogen-bond acceptors (Lipinski definition) is 3. The van der Waals surface area contributed by atoms with Gasteiger partial charge in [0, 0.05) is 30.6 Å². The lowest BCUT2D eigenvalue weighted by Crippen LogP contribution is -2.10. The Labute approximate surface area is 138 Å². The van der Waals surface area contributed by atoms with E-state index in [-0.39, 0.29) is 17.1 Å². The largest absolute Gasteiger partial charge is 0.507 e. The van der Waals surface area contributed by atoms with Crippen LogP contribution in [-0.4, -0.2) is 21.7 Å². The van der Waals surface area contributed by atoms with Gasteiger partial charge in [0.25, 0.3) is 5.56 Å². The minimum Gasteiger partial charge on any atom is -0.507 e. The maximum Gasteiger partial charge on any atom is 0.252 e. The molecule has 24 heavy (non-hydrogen) atoms. The molecule has 0 aliphatic carbocycles. The van der Waals surface area contributed by atoms with E-state index in [1.165, 1.54) is 0 Å². The Morgan fingerprint density at radius 2 is 2.08 bits per heavy atom. The van der Waals surface area contributed by atoms with Gasteiger partial charge >= 0.3 is 0 Å². The van der Waals surface area contributed by atoms with Gasteiger partial charge in [-0.05, 0) is 31.2 Å². The highest BCUT2D eigenvalue weighted by atomic mass is 19.1. The number of nitrogens with zero attached hydrogens (tertiary/aromatic N) is 1. The van der Waals surface area contributed by atoms with Crippen molar-refractivity contribution in [3.63, 3.8) is 0 Å². The zero-order valence-corrected chi connectivity index (χ0v) is 13.9. The van der Waals surface area contributed by atoms with Gasteiger partial charge in [0.2, 0.25) is 0 Å². The van der Waals surface area contributed by atoms with Crippen LogP contribution >= 0.6 is 0 Å². The fourth-order valence-corrected chi connectivity index (χ4v) is 3.15. The first-order valence-electron chi connectivity index (χ1n) is 7.84. The molecule has 3 N–H and O–H groups in total. The van der Waals surface area contributed by atoms with E-state index in [4.69, 9.17) is 0 Å². The molecule has 6 heteroatoms. The van der Waals surface area contributed by atoms with E-state index in [0.717, 1.165) is 11.6 Å². The van der Waals surface area contributed by atoms with Crippen molar-refractivity contribution in [3.8, 4) is 17.0 Å². The van der Waals surface area contributed by atoms with Gasteiger partial charge in [-0.15, -0.1) is 0 Å². The van der Waals surface area contributed by atoms with E-state index in [1.54, 1.807) is 13.1 Å². The van der Waals surface area contributed by atoms with E-state index in [1.807, 2.05) is 30.7 Å². The molecule has 0 saturated heterocycles. The molecule has 0 atom stereocenters. The van der Waals surface area contributed by atoms with Gasteiger partial charge in [0.1, 0.15) is 5.75 Å². The van der Waals surface area contributed by atoms with Gasteiger partial charge in [-0.1, -0.05) is 13.0 Å². The van der Waals surface area contributed by atoms with E-state index in [2.05, 4.69) is 10.3 Å². The van der Waals surface area contributed by atoms with Gasteiger partial charge in [-0.2, -0.15) is 0 Å². The summed E-state index contributed by atoms with van der Waals surface area (Å²) in [7, 11) is 3.60. The summed E-state index contributed by atoms with van der Waals surface area (Å²) in [6.07, 6.45) is 0.554. The molecule has 5 nitrogen and oxygen atoms in total. The number of hydrogen-bond donors (Lipinski definition) is 3. The number of nitrogens with one attached hydrogen (secondary N) is 2. The Balaban J connectivity index is 2.26. The number of aromatic amines is 1. The second-order valence-corrected chi connectivity index (χ2v) is 5.81. The third kappa shape index (κ3) is 2.49. The number of aromatic hydroxyl groups is 1. The number of halogens is 1. The molecule has 0 spiro atoms. The highest BCUT2D eigenvalue weighted by Crippen LogP contribution is 2.32. The highest BCUT2D eigenvalue weighted by Gasteiger charge is 2.17. The molecule has 1 aromatic carbocycles. The predicted octanol–water partition coefficient (Wildman–Crippen LogP) is 2.66. The summed E-state index contributed by atoms with van der Waals surface area (Å²) in [6, 6.07) is 6.53. The Morgan fingerprint density at radius 3 is 2.75 bits per heavy atom. The lowest BCUT2D eigenvalue weighted by atomic mass is 10.0. The first-order chi connectivity index (χ1) is 11.5. The van der Waals surface area contributed by atoms with E-state index >= 15 is 0 Å². The number of H-pyrrole nitrogens is 1. The molecule has 0 aliphatic rings. The van der Waals surface area contributed by atoms with Gasteiger partial charge < -0.3 is 20.0 Å². The quantitative estimate of drug-likeness (QED) is 0.689. The summed E-state index contributed by atoms with van der Waals surface area (Å²) in [4.78, 5) is 14.5. The fourth-order valence-electron chi connectivity index (χ4n) is 3.15. The number of aromatic nitrogens is 2. The standard InChI is InChI=1S/C18H20FN3O2/c1-4-11-15(23)8-16(24)21-18(11)10-5-6-13-12(7-10)17(19)14(9-20-2)22(13)3/h5-8,20H,4,9H2,1-3H3,(H2,21,23,24). The number of fused-ring (bicyclic) bond motifs is 1. The van der Waals surface area contributed by atoms with Crippen LogP contribution in [0, 0.1) is 5.82 Å². The molecular formula is C18H20FN3O2. The number of benzene rings is 1. The van der Waals surface area contributed by atoms with Crippen LogP contribution in [0.3, 0.4) is 0 Å². The van der Waals surface area contributed by atoms with Crippen molar-refractivity contribution >= 4 is 10.9 Å². The summed E-state index contributed by atoms with van der Waals surface area (Å²) in [5.41, 5.74) is 2.81. The predicted molar refractivity (Wildman–Crippen MR) is 92.7 cm³/mol. The van der Waals surface area contributed by atoms with Gasteiger partial charge in [-0.25, -0.2) is 4.39 Å². The van der Waals surface area contributed by atoms with Crippen LogP contribution in [0.1, 0.15) is 18.2 Å². The van der Waals surface area contributed by atoms with Gasteiger partial charge in [-0.3, -0.25) is 4.79 Å². The number of pyridine rings is 1. The second kappa shape index (κ2) is 6.13. The lowest BCUT2D eigenvalue weighted by Gasteiger charge is -2.10. The molecule has 0 radical (unpaired) electrons. The monoisotopic (exact) mass is 329 g/mol.